The van der Waals surface area contributed by atoms with Gasteiger partial charge < -0.3 is 10.2 Å². The second-order valence-corrected chi connectivity index (χ2v) is 14.6. The molecule has 3 heterocycles. The third-order valence-electron chi connectivity index (χ3n) is 7.43. The lowest BCUT2D eigenvalue weighted by atomic mass is 10.0. The Morgan fingerprint density at radius 2 is 1.75 bits per heavy atom. The molecule has 0 bridgehead atoms. The second kappa shape index (κ2) is 12.1. The van der Waals surface area contributed by atoms with Gasteiger partial charge in [0.2, 0.25) is 10.0 Å². The lowest BCUT2D eigenvalue weighted by Gasteiger charge is -2.27. The van der Waals surface area contributed by atoms with Crippen LogP contribution in [0.5, 0.6) is 0 Å². The molecular weight excluding hydrogens is 561 g/mol. The zero-order valence-electron chi connectivity index (χ0n) is 23.5. The Morgan fingerprint density at radius 3 is 2.40 bits per heavy atom. The summed E-state index contributed by atoms with van der Waals surface area (Å²) in [7, 11) is -3.60. The van der Waals surface area contributed by atoms with Gasteiger partial charge in [-0.05, 0) is 68.7 Å². The Balaban J connectivity index is 1.46. The van der Waals surface area contributed by atoms with Crippen LogP contribution in [0.4, 0.5) is 5.00 Å². The van der Waals surface area contributed by atoms with Crippen LogP contribution in [0.15, 0.2) is 53.4 Å². The second-order valence-electron chi connectivity index (χ2n) is 10.6. The van der Waals surface area contributed by atoms with Gasteiger partial charge in [-0.25, -0.2) is 13.4 Å². The van der Waals surface area contributed by atoms with Gasteiger partial charge in [0.1, 0.15) is 16.6 Å². The fourth-order valence-corrected chi connectivity index (χ4v) is 9.27. The molecular formula is C30H37N4O3S3+. The van der Waals surface area contributed by atoms with Crippen LogP contribution in [-0.4, -0.2) is 49.3 Å². The van der Waals surface area contributed by atoms with E-state index in [4.69, 9.17) is 4.98 Å². The first-order valence-electron chi connectivity index (χ1n) is 14.0. The van der Waals surface area contributed by atoms with Crippen molar-refractivity contribution in [3.8, 4) is 10.6 Å². The van der Waals surface area contributed by atoms with Gasteiger partial charge in [0, 0.05) is 30.6 Å². The molecule has 1 atom stereocenters. The highest BCUT2D eigenvalue weighted by atomic mass is 32.2. The lowest BCUT2D eigenvalue weighted by Crippen LogP contribution is -3.14. The molecule has 0 saturated carbocycles. The molecule has 1 aliphatic rings. The fraction of sp³-hybridized carbons (Fsp3) is 0.400. The van der Waals surface area contributed by atoms with Crippen molar-refractivity contribution in [1.82, 2.24) is 9.29 Å². The normalized spacial score (nSPS) is 15.6. The number of thiophene rings is 1. The van der Waals surface area contributed by atoms with E-state index in [1.54, 1.807) is 51.8 Å². The van der Waals surface area contributed by atoms with Crippen LogP contribution in [0, 0.1) is 0 Å². The Hall–Kier alpha value is -2.63. The quantitative estimate of drug-likeness (QED) is 0.255. The summed E-state index contributed by atoms with van der Waals surface area (Å²) in [5.74, 6) is -0.253. The molecule has 1 unspecified atom stereocenters. The van der Waals surface area contributed by atoms with E-state index in [9.17, 15) is 13.2 Å². The molecule has 40 heavy (non-hydrogen) atoms. The first kappa shape index (κ1) is 28.9. The first-order chi connectivity index (χ1) is 19.2. The van der Waals surface area contributed by atoms with Gasteiger partial charge in [-0.1, -0.05) is 26.0 Å². The molecule has 7 nitrogen and oxygen atoms in total. The number of fused-ring (bicyclic) bond motifs is 2. The van der Waals surface area contributed by atoms with Crippen LogP contribution in [0.25, 0.3) is 20.8 Å². The lowest BCUT2D eigenvalue weighted by molar-refractivity contribution is -0.936. The Labute approximate surface area is 244 Å². The van der Waals surface area contributed by atoms with Crippen LogP contribution in [-0.2, 0) is 23.0 Å². The van der Waals surface area contributed by atoms with Crippen LogP contribution in [0.1, 0.15) is 61.3 Å². The van der Waals surface area contributed by atoms with Crippen molar-refractivity contribution in [1.29, 1.82) is 0 Å². The number of thiazole rings is 1. The number of amides is 1. The maximum Gasteiger partial charge on any atom is 0.256 e. The predicted octanol–water partition coefficient (Wildman–Crippen LogP) is 5.44. The van der Waals surface area contributed by atoms with E-state index in [0.717, 1.165) is 58.1 Å². The zero-order chi connectivity index (χ0) is 28.4. The zero-order valence-corrected chi connectivity index (χ0v) is 25.9. The van der Waals surface area contributed by atoms with E-state index in [1.165, 1.54) is 14.7 Å². The number of nitrogens with zero attached hydrogens (tertiary/aromatic N) is 2. The molecule has 10 heteroatoms. The summed E-state index contributed by atoms with van der Waals surface area (Å²) in [4.78, 5) is 21.5. The van der Waals surface area contributed by atoms with Crippen LogP contribution in [0.3, 0.4) is 0 Å². The molecule has 0 saturated heterocycles. The SMILES string of the molecule is CCCN(CCC)S(=O)(=O)c1ccc(C(=O)Nc2sc3c(c2-c2nc4ccccc4s2)CC[NH+](C(C)C)C3)cc1. The van der Waals surface area contributed by atoms with Crippen molar-refractivity contribution in [3.05, 3.63) is 64.5 Å². The molecule has 2 aromatic heterocycles. The van der Waals surface area contributed by atoms with Crippen molar-refractivity contribution >= 4 is 53.8 Å². The van der Waals surface area contributed by atoms with E-state index in [0.29, 0.717) is 24.7 Å². The van der Waals surface area contributed by atoms with Gasteiger partial charge in [0.25, 0.3) is 5.91 Å². The summed E-state index contributed by atoms with van der Waals surface area (Å²) in [6, 6.07) is 14.9. The Morgan fingerprint density at radius 1 is 1.05 bits per heavy atom. The van der Waals surface area contributed by atoms with Gasteiger partial charge in [0.15, 0.2) is 0 Å². The number of carbonyl (C=O) groups excluding carboxylic acids is 1. The molecule has 2 aromatic carbocycles. The van der Waals surface area contributed by atoms with Crippen LogP contribution >= 0.6 is 22.7 Å². The van der Waals surface area contributed by atoms with E-state index < -0.39 is 10.0 Å². The van der Waals surface area contributed by atoms with Crippen LogP contribution in [0.2, 0.25) is 0 Å². The predicted molar refractivity (Wildman–Crippen MR) is 165 cm³/mol. The highest BCUT2D eigenvalue weighted by Crippen LogP contribution is 2.44. The summed E-state index contributed by atoms with van der Waals surface area (Å²) in [6.07, 6.45) is 2.44. The number of anilines is 1. The highest BCUT2D eigenvalue weighted by Gasteiger charge is 2.31. The molecule has 0 spiro atoms. The summed E-state index contributed by atoms with van der Waals surface area (Å²) < 4.78 is 29.0. The molecule has 4 aromatic rings. The topological polar surface area (TPSA) is 83.8 Å². The molecule has 0 aliphatic carbocycles. The molecule has 2 N–H and O–H groups in total. The Bertz CT molecular complexity index is 1570. The van der Waals surface area contributed by atoms with Crippen molar-refractivity contribution in [3.63, 3.8) is 0 Å². The van der Waals surface area contributed by atoms with Gasteiger partial charge >= 0.3 is 0 Å². The molecule has 212 valence electrons. The monoisotopic (exact) mass is 597 g/mol. The third-order valence-corrected chi connectivity index (χ3v) is 11.5. The minimum Gasteiger partial charge on any atom is -0.328 e. The maximum atomic E-state index is 13.5. The number of hydrogen-bond acceptors (Lipinski definition) is 6. The molecule has 0 fully saturated rings. The minimum absolute atomic E-state index is 0.212. The number of hydrogen-bond donors (Lipinski definition) is 2. The van der Waals surface area contributed by atoms with Crippen LogP contribution < -0.4 is 10.2 Å². The molecule has 1 aliphatic heterocycles. The highest BCUT2D eigenvalue weighted by molar-refractivity contribution is 7.89. The van der Waals surface area contributed by atoms with Crippen molar-refractivity contribution in [2.45, 2.75) is 64.4 Å². The molecule has 1 amide bonds. The van der Waals surface area contributed by atoms with Gasteiger partial charge in [-0.15, -0.1) is 22.7 Å². The average molecular weight is 598 g/mol. The smallest absolute Gasteiger partial charge is 0.256 e. The number of quaternary nitrogens is 1. The van der Waals surface area contributed by atoms with E-state index >= 15 is 0 Å². The summed E-state index contributed by atoms with van der Waals surface area (Å²) >= 11 is 3.30. The minimum atomic E-state index is -3.60. The largest absolute Gasteiger partial charge is 0.328 e. The van der Waals surface area contributed by atoms with Gasteiger partial charge in [0.05, 0.1) is 32.6 Å². The van der Waals surface area contributed by atoms with Crippen molar-refractivity contribution in [2.24, 2.45) is 0 Å². The summed E-state index contributed by atoms with van der Waals surface area (Å²) in [6.45, 7) is 11.4. The first-order valence-corrected chi connectivity index (χ1v) is 17.1. The maximum absolute atomic E-state index is 13.5. The molecule has 5 rings (SSSR count). The average Bonchev–Trinajstić information content (AvgIpc) is 3.53. The van der Waals surface area contributed by atoms with Gasteiger partial charge in [-0.3, -0.25) is 4.79 Å². The number of para-hydroxylation sites is 1. The van der Waals surface area contributed by atoms with E-state index in [1.807, 2.05) is 32.0 Å². The van der Waals surface area contributed by atoms with E-state index in [2.05, 4.69) is 25.2 Å². The number of sulfonamides is 1. The van der Waals surface area contributed by atoms with E-state index in [-0.39, 0.29) is 10.8 Å². The number of benzene rings is 2. The molecule has 0 radical (unpaired) electrons. The fourth-order valence-electron chi connectivity index (χ4n) is 5.24. The summed E-state index contributed by atoms with van der Waals surface area (Å²) in [5.41, 5.74) is 3.71. The van der Waals surface area contributed by atoms with Crippen molar-refractivity contribution < 1.29 is 18.1 Å². The number of carbonyl (C=O) groups is 1. The van der Waals surface area contributed by atoms with Crippen molar-refractivity contribution in [2.75, 3.05) is 25.0 Å². The third kappa shape index (κ3) is 5.73. The standard InChI is InChI=1S/C30H36N4O3S3/c1-5-16-34(17-6-2)40(36,37)22-13-11-21(12-14-22)28(35)32-30-27(29-31-24-9-7-8-10-25(24)38-29)23-15-18-33(20(3)4)19-26(23)39-30/h7-14,20H,5-6,15-19H2,1-4H3,(H,32,35)/p+1. The number of aromatic nitrogens is 1. The number of nitrogens with one attached hydrogen (secondary N) is 2. The summed E-state index contributed by atoms with van der Waals surface area (Å²) in [5, 5.41) is 4.91. The number of rotatable bonds is 10. The Kier molecular flexibility index (Phi) is 8.72. The van der Waals surface area contributed by atoms with Gasteiger partial charge in [-0.2, -0.15) is 4.31 Å².